The number of urea groups is 1. The van der Waals surface area contributed by atoms with Crippen molar-refractivity contribution in [2.24, 2.45) is 0 Å². The monoisotopic (exact) mass is 506 g/mol. The van der Waals surface area contributed by atoms with Crippen LogP contribution in [0, 0.1) is 13.8 Å². The van der Waals surface area contributed by atoms with Crippen LogP contribution in [0.5, 0.6) is 0 Å². The lowest BCUT2D eigenvalue weighted by molar-refractivity contribution is -0.119. The summed E-state index contributed by atoms with van der Waals surface area (Å²) >= 11 is 0. The molecular weight excluding hydrogens is 472 g/mol. The fourth-order valence-corrected chi connectivity index (χ4v) is 5.07. The van der Waals surface area contributed by atoms with Gasteiger partial charge in [-0.15, -0.1) is 0 Å². The molecule has 194 valence electrons. The van der Waals surface area contributed by atoms with Gasteiger partial charge in [0.05, 0.1) is 17.1 Å². The van der Waals surface area contributed by atoms with E-state index in [1.165, 1.54) is 0 Å². The molecule has 1 aliphatic heterocycles. The summed E-state index contributed by atoms with van der Waals surface area (Å²) in [6.45, 7) is 6.59. The van der Waals surface area contributed by atoms with Gasteiger partial charge in [0.1, 0.15) is 12.6 Å². The second-order valence-electron chi connectivity index (χ2n) is 9.89. The van der Waals surface area contributed by atoms with E-state index in [0.29, 0.717) is 6.54 Å². The molecule has 0 radical (unpaired) electrons. The van der Waals surface area contributed by atoms with Gasteiger partial charge >= 0.3 is 6.03 Å². The maximum atomic E-state index is 14.2. The van der Waals surface area contributed by atoms with Crippen molar-refractivity contribution in [2.75, 3.05) is 23.3 Å². The number of aromatic nitrogens is 1. The molecular formula is C32H34N4O2. The van der Waals surface area contributed by atoms with Crippen LogP contribution in [-0.4, -0.2) is 34.5 Å². The minimum atomic E-state index is -0.305. The van der Waals surface area contributed by atoms with Crippen molar-refractivity contribution in [3.8, 4) is 5.69 Å². The number of anilines is 2. The Morgan fingerprint density at radius 1 is 0.868 bits per heavy atom. The molecule has 4 aromatic rings. The zero-order valence-corrected chi connectivity index (χ0v) is 22.2. The zero-order chi connectivity index (χ0) is 26.6. The van der Waals surface area contributed by atoms with Crippen molar-refractivity contribution in [1.82, 2.24) is 9.47 Å². The Bertz CT molecular complexity index is 1440. The van der Waals surface area contributed by atoms with Gasteiger partial charge in [-0.05, 0) is 61.7 Å². The Morgan fingerprint density at radius 2 is 1.58 bits per heavy atom. The van der Waals surface area contributed by atoms with Crippen LogP contribution in [0.1, 0.15) is 48.2 Å². The number of amides is 3. The molecule has 0 saturated heterocycles. The van der Waals surface area contributed by atoms with E-state index < -0.39 is 0 Å². The first kappa shape index (κ1) is 25.3. The molecule has 1 unspecified atom stereocenters. The Balaban J connectivity index is 1.51. The summed E-state index contributed by atoms with van der Waals surface area (Å²) < 4.78 is 2.16. The van der Waals surface area contributed by atoms with Gasteiger partial charge < -0.3 is 14.8 Å². The molecule has 3 aromatic carbocycles. The summed E-state index contributed by atoms with van der Waals surface area (Å²) in [4.78, 5) is 31.2. The number of benzene rings is 3. The van der Waals surface area contributed by atoms with Crippen molar-refractivity contribution in [1.29, 1.82) is 0 Å². The number of aryl methyl sites for hydroxylation is 2. The molecule has 1 N–H and O–H groups in total. The van der Waals surface area contributed by atoms with Gasteiger partial charge in [0.25, 0.3) is 0 Å². The summed E-state index contributed by atoms with van der Waals surface area (Å²) in [5, 5.41) is 3.02. The summed E-state index contributed by atoms with van der Waals surface area (Å²) in [6, 6.07) is 27.5. The van der Waals surface area contributed by atoms with Crippen LogP contribution < -0.4 is 10.2 Å². The quantitative estimate of drug-likeness (QED) is 0.298. The first-order valence-electron chi connectivity index (χ1n) is 13.2. The van der Waals surface area contributed by atoms with Crippen LogP contribution in [0.15, 0.2) is 91.1 Å². The van der Waals surface area contributed by atoms with Crippen molar-refractivity contribution < 1.29 is 9.59 Å². The molecule has 5 rings (SSSR count). The first-order chi connectivity index (χ1) is 18.5. The number of rotatable bonds is 7. The fourth-order valence-electron chi connectivity index (χ4n) is 5.07. The minimum Gasteiger partial charge on any atom is -0.316 e. The van der Waals surface area contributed by atoms with Crippen LogP contribution in [0.25, 0.3) is 5.69 Å². The number of hydrogen-bond acceptors (Lipinski definition) is 2. The number of carbonyl (C=O) groups excluding carboxylic acids is 2. The second kappa shape index (κ2) is 11.0. The molecule has 0 fully saturated rings. The number of fused-ring (bicyclic) bond motifs is 3. The predicted octanol–water partition coefficient (Wildman–Crippen LogP) is 6.86. The van der Waals surface area contributed by atoms with Crippen LogP contribution in [-0.2, 0) is 4.79 Å². The third-order valence-corrected chi connectivity index (χ3v) is 7.16. The fraction of sp³-hybridized carbons (Fsp3) is 0.250. The summed E-state index contributed by atoms with van der Waals surface area (Å²) in [7, 11) is 0. The van der Waals surface area contributed by atoms with Crippen LogP contribution in [0.4, 0.5) is 16.2 Å². The molecule has 1 aromatic heterocycles. The van der Waals surface area contributed by atoms with Gasteiger partial charge in [0.15, 0.2) is 0 Å². The van der Waals surface area contributed by atoms with Crippen molar-refractivity contribution >= 4 is 23.3 Å². The highest BCUT2D eigenvalue weighted by Crippen LogP contribution is 2.42. The second-order valence-corrected chi connectivity index (χ2v) is 9.89. The smallest absolute Gasteiger partial charge is 0.316 e. The summed E-state index contributed by atoms with van der Waals surface area (Å²) in [5.74, 6) is -0.119. The molecule has 1 aliphatic rings. The van der Waals surface area contributed by atoms with E-state index in [1.54, 1.807) is 4.90 Å². The van der Waals surface area contributed by atoms with Crippen molar-refractivity contribution in [2.45, 2.75) is 39.7 Å². The highest BCUT2D eigenvalue weighted by Gasteiger charge is 2.36. The van der Waals surface area contributed by atoms with E-state index in [4.69, 9.17) is 0 Å². The lowest BCUT2D eigenvalue weighted by atomic mass is 9.97. The van der Waals surface area contributed by atoms with E-state index in [2.05, 4.69) is 54.1 Å². The highest BCUT2D eigenvalue weighted by molar-refractivity contribution is 6.01. The minimum absolute atomic E-state index is 0.0187. The van der Waals surface area contributed by atoms with Gasteiger partial charge in [-0.3, -0.25) is 9.69 Å². The molecule has 38 heavy (non-hydrogen) atoms. The standard InChI is InChI=1S/C32H34N4O2/c1-4-5-20-34(32(38)33-26-12-7-6-11-24(26)3)22-30(37)36-28-14-9-8-13-27(28)35-21-10-15-29(35)31(36)25-18-16-23(2)17-19-25/h6-19,21,31H,4-5,20,22H2,1-3H3,(H,33,38). The molecule has 0 aliphatic carbocycles. The van der Waals surface area contributed by atoms with Gasteiger partial charge in [-0.1, -0.05) is 73.5 Å². The third kappa shape index (κ3) is 4.94. The van der Waals surface area contributed by atoms with Crippen molar-refractivity contribution in [3.05, 3.63) is 114 Å². The lowest BCUT2D eigenvalue weighted by Crippen LogP contribution is -2.48. The average molecular weight is 507 g/mol. The molecule has 0 spiro atoms. The number of unbranched alkanes of at least 4 members (excludes halogenated alkanes) is 1. The van der Waals surface area contributed by atoms with E-state index in [9.17, 15) is 9.59 Å². The average Bonchev–Trinajstić information content (AvgIpc) is 3.42. The maximum Gasteiger partial charge on any atom is 0.322 e. The van der Waals surface area contributed by atoms with Gasteiger partial charge in [-0.2, -0.15) is 0 Å². The summed E-state index contributed by atoms with van der Waals surface area (Å²) in [5.41, 5.74) is 6.73. The number of hydrogen-bond donors (Lipinski definition) is 1. The Kier molecular flexibility index (Phi) is 7.31. The molecule has 2 heterocycles. The largest absolute Gasteiger partial charge is 0.322 e. The van der Waals surface area contributed by atoms with Crippen LogP contribution >= 0.6 is 0 Å². The Morgan fingerprint density at radius 3 is 2.32 bits per heavy atom. The third-order valence-electron chi connectivity index (χ3n) is 7.16. The Hall–Kier alpha value is -4.32. The number of nitrogens with zero attached hydrogens (tertiary/aromatic N) is 3. The molecule has 1 atom stereocenters. The van der Waals surface area contributed by atoms with E-state index in [0.717, 1.165) is 52.3 Å². The van der Waals surface area contributed by atoms with Crippen LogP contribution in [0.3, 0.4) is 0 Å². The SMILES string of the molecule is CCCCN(CC(=O)N1c2ccccc2-n2cccc2C1c1ccc(C)cc1)C(=O)Nc1ccccc1C. The number of para-hydroxylation sites is 3. The number of carbonyl (C=O) groups is 2. The normalized spacial score (nSPS) is 14.0. The molecule has 0 bridgehead atoms. The van der Waals surface area contributed by atoms with Crippen LogP contribution in [0.2, 0.25) is 0 Å². The topological polar surface area (TPSA) is 57.6 Å². The number of nitrogens with one attached hydrogen (secondary N) is 1. The van der Waals surface area contributed by atoms with Gasteiger partial charge in [0.2, 0.25) is 5.91 Å². The maximum absolute atomic E-state index is 14.2. The first-order valence-corrected chi connectivity index (χ1v) is 13.2. The molecule has 3 amide bonds. The molecule has 6 heteroatoms. The molecule has 0 saturated carbocycles. The van der Waals surface area contributed by atoms with Gasteiger partial charge in [0, 0.05) is 18.4 Å². The molecule has 6 nitrogen and oxygen atoms in total. The zero-order valence-electron chi connectivity index (χ0n) is 22.2. The van der Waals surface area contributed by atoms with Gasteiger partial charge in [-0.25, -0.2) is 4.79 Å². The Labute approximate surface area is 224 Å². The predicted molar refractivity (Wildman–Crippen MR) is 153 cm³/mol. The lowest BCUT2D eigenvalue weighted by Gasteiger charge is -2.39. The van der Waals surface area contributed by atoms with Crippen molar-refractivity contribution in [3.63, 3.8) is 0 Å². The van der Waals surface area contributed by atoms with E-state index in [1.807, 2.05) is 72.6 Å². The summed E-state index contributed by atoms with van der Waals surface area (Å²) in [6.07, 6.45) is 3.78. The van der Waals surface area contributed by atoms with E-state index >= 15 is 0 Å². The highest BCUT2D eigenvalue weighted by atomic mass is 16.2. The van der Waals surface area contributed by atoms with E-state index in [-0.39, 0.29) is 24.5 Å².